The molecule has 1 aliphatic rings. The molecule has 1 atom stereocenters. The normalized spacial score (nSPS) is 15.4. The fraction of sp³-hybridized carbons (Fsp3) is 0.269. The molecule has 0 amide bonds. The highest BCUT2D eigenvalue weighted by Crippen LogP contribution is 2.36. The lowest BCUT2D eigenvalue weighted by atomic mass is 9.95. The van der Waals surface area contributed by atoms with Crippen LogP contribution in [0.2, 0.25) is 0 Å². The van der Waals surface area contributed by atoms with Crippen LogP contribution in [0.25, 0.3) is 6.08 Å². The average Bonchev–Trinajstić information content (AvgIpc) is 3.14. The number of hydrogen-bond donors (Lipinski definition) is 1. The minimum Gasteiger partial charge on any atom is -0.508 e. The molecule has 9 heteroatoms. The lowest BCUT2D eigenvalue weighted by Crippen LogP contribution is -2.40. The first-order valence-electron chi connectivity index (χ1n) is 11.2. The largest absolute Gasteiger partial charge is 0.508 e. The summed E-state index contributed by atoms with van der Waals surface area (Å²) in [5.74, 6) is 0.675. The van der Waals surface area contributed by atoms with Crippen LogP contribution in [0, 0.1) is 0 Å². The number of ether oxygens (including phenoxy) is 3. The molecule has 0 saturated carbocycles. The molecule has 35 heavy (non-hydrogen) atoms. The summed E-state index contributed by atoms with van der Waals surface area (Å²) in [6, 6.07) is 11.1. The fourth-order valence-corrected chi connectivity index (χ4v) is 5.01. The maximum atomic E-state index is 13.6. The molecule has 3 aromatic rings. The maximum absolute atomic E-state index is 13.6. The van der Waals surface area contributed by atoms with Gasteiger partial charge in [-0.3, -0.25) is 9.36 Å². The van der Waals surface area contributed by atoms with Crippen LogP contribution in [0.4, 0.5) is 0 Å². The van der Waals surface area contributed by atoms with Gasteiger partial charge < -0.3 is 19.3 Å². The highest BCUT2D eigenvalue weighted by atomic mass is 32.1. The van der Waals surface area contributed by atoms with E-state index in [-0.39, 0.29) is 17.9 Å². The van der Waals surface area contributed by atoms with E-state index in [0.717, 1.165) is 5.56 Å². The summed E-state index contributed by atoms with van der Waals surface area (Å²) in [6.07, 6.45) is 1.74. The summed E-state index contributed by atoms with van der Waals surface area (Å²) in [5, 5.41) is 9.56. The standard InChI is InChI=1S/C26H26N2O6S/c1-5-33-20-14-17(9-12-19(20)32-4)23-22(25(31)34-6-2)15(3)27-26-28(23)24(30)21(35-26)13-16-7-10-18(29)11-8-16/h7-14,23,29H,5-6H2,1-4H3/b21-13-/t23-/m1/s1. The average molecular weight is 495 g/mol. The Labute approximate surface area is 206 Å². The molecule has 0 bridgehead atoms. The molecule has 0 spiro atoms. The van der Waals surface area contributed by atoms with E-state index < -0.39 is 12.0 Å². The van der Waals surface area contributed by atoms with Crippen LogP contribution in [-0.2, 0) is 9.53 Å². The Morgan fingerprint density at radius 1 is 1.14 bits per heavy atom. The second kappa shape index (κ2) is 10.2. The summed E-state index contributed by atoms with van der Waals surface area (Å²) in [4.78, 5) is 31.7. The molecule has 182 valence electrons. The van der Waals surface area contributed by atoms with Gasteiger partial charge in [-0.1, -0.05) is 29.5 Å². The Kier molecular flexibility index (Phi) is 7.07. The molecule has 8 nitrogen and oxygen atoms in total. The summed E-state index contributed by atoms with van der Waals surface area (Å²) < 4.78 is 18.5. The van der Waals surface area contributed by atoms with Crippen molar-refractivity contribution in [1.82, 2.24) is 4.57 Å². The van der Waals surface area contributed by atoms with Crippen molar-refractivity contribution in [2.45, 2.75) is 26.8 Å². The Hall–Kier alpha value is -3.85. The Morgan fingerprint density at radius 2 is 1.89 bits per heavy atom. The van der Waals surface area contributed by atoms with E-state index in [9.17, 15) is 14.7 Å². The fourth-order valence-electron chi connectivity index (χ4n) is 3.96. The number of hydrogen-bond acceptors (Lipinski definition) is 8. The zero-order valence-corrected chi connectivity index (χ0v) is 20.7. The van der Waals surface area contributed by atoms with Gasteiger partial charge in [0.1, 0.15) is 5.75 Å². The number of benzene rings is 2. The maximum Gasteiger partial charge on any atom is 0.338 e. The number of fused-ring (bicyclic) bond motifs is 1. The molecule has 0 aliphatic carbocycles. The predicted octanol–water partition coefficient (Wildman–Crippen LogP) is 2.91. The SMILES string of the molecule is CCOC(=O)C1=C(C)N=c2s/c(=C\c3ccc(O)cc3)c(=O)n2[C@@H]1c1ccc(OC)c(OCC)c1. The van der Waals surface area contributed by atoms with Gasteiger partial charge in [-0.05, 0) is 62.2 Å². The minimum absolute atomic E-state index is 0.142. The van der Waals surface area contributed by atoms with Gasteiger partial charge in [0.05, 0.1) is 42.2 Å². The monoisotopic (exact) mass is 494 g/mol. The molecular weight excluding hydrogens is 468 g/mol. The van der Waals surface area contributed by atoms with Gasteiger partial charge in [-0.15, -0.1) is 0 Å². The van der Waals surface area contributed by atoms with Crippen LogP contribution in [0.5, 0.6) is 17.2 Å². The quantitative estimate of drug-likeness (QED) is 0.507. The van der Waals surface area contributed by atoms with Crippen LogP contribution in [0.3, 0.4) is 0 Å². The number of allylic oxidation sites excluding steroid dienone is 1. The first kappa shape index (κ1) is 24.3. The first-order chi connectivity index (χ1) is 16.9. The Bertz CT molecular complexity index is 1470. The molecule has 4 rings (SSSR count). The highest BCUT2D eigenvalue weighted by molar-refractivity contribution is 7.07. The van der Waals surface area contributed by atoms with Crippen molar-refractivity contribution in [2.24, 2.45) is 4.99 Å². The van der Waals surface area contributed by atoms with Crippen molar-refractivity contribution in [3.05, 3.63) is 84.5 Å². The molecule has 0 radical (unpaired) electrons. The van der Waals surface area contributed by atoms with Crippen LogP contribution < -0.4 is 24.4 Å². The number of thiazole rings is 1. The molecule has 2 heterocycles. The zero-order valence-electron chi connectivity index (χ0n) is 19.9. The molecule has 1 N–H and O–H groups in total. The minimum atomic E-state index is -0.752. The lowest BCUT2D eigenvalue weighted by Gasteiger charge is -2.25. The molecule has 1 aliphatic heterocycles. The van der Waals surface area contributed by atoms with Crippen LogP contribution >= 0.6 is 11.3 Å². The Balaban J connectivity index is 1.96. The van der Waals surface area contributed by atoms with Gasteiger partial charge in [0.15, 0.2) is 16.3 Å². The van der Waals surface area contributed by atoms with Gasteiger partial charge in [0, 0.05) is 0 Å². The second-order valence-electron chi connectivity index (χ2n) is 7.74. The summed E-state index contributed by atoms with van der Waals surface area (Å²) in [6.45, 7) is 5.96. The van der Waals surface area contributed by atoms with E-state index >= 15 is 0 Å². The number of nitrogens with zero attached hydrogens (tertiary/aromatic N) is 2. The van der Waals surface area contributed by atoms with Crippen molar-refractivity contribution in [1.29, 1.82) is 0 Å². The Morgan fingerprint density at radius 3 is 2.54 bits per heavy atom. The smallest absolute Gasteiger partial charge is 0.338 e. The van der Waals surface area contributed by atoms with Crippen molar-refractivity contribution >= 4 is 23.4 Å². The van der Waals surface area contributed by atoms with E-state index in [4.69, 9.17) is 14.2 Å². The van der Waals surface area contributed by atoms with E-state index in [0.29, 0.717) is 44.3 Å². The van der Waals surface area contributed by atoms with E-state index in [2.05, 4.69) is 4.99 Å². The van der Waals surface area contributed by atoms with Gasteiger partial charge in [-0.2, -0.15) is 0 Å². The number of phenols is 1. The van der Waals surface area contributed by atoms with E-state index in [1.807, 2.05) is 6.92 Å². The molecule has 2 aromatic carbocycles. The number of aromatic nitrogens is 1. The first-order valence-corrected chi connectivity index (χ1v) is 12.0. The number of methoxy groups -OCH3 is 1. The number of phenolic OH excluding ortho intramolecular Hbond substituents is 1. The molecule has 0 saturated heterocycles. The van der Waals surface area contributed by atoms with Gasteiger partial charge in [0.25, 0.3) is 5.56 Å². The van der Waals surface area contributed by atoms with Crippen LogP contribution in [0.15, 0.2) is 63.5 Å². The number of carbonyl (C=O) groups excluding carboxylic acids is 1. The van der Waals surface area contributed by atoms with E-state index in [1.54, 1.807) is 69.5 Å². The molecule has 1 aromatic heterocycles. The predicted molar refractivity (Wildman–Crippen MR) is 133 cm³/mol. The topological polar surface area (TPSA) is 99.4 Å². The summed E-state index contributed by atoms with van der Waals surface area (Å²) in [5.41, 5.74) is 1.93. The summed E-state index contributed by atoms with van der Waals surface area (Å²) in [7, 11) is 1.55. The number of rotatable bonds is 7. The van der Waals surface area contributed by atoms with Crippen LogP contribution in [0.1, 0.15) is 37.9 Å². The molecule has 0 fully saturated rings. The number of aromatic hydroxyl groups is 1. The third-order valence-corrected chi connectivity index (χ3v) is 6.49. The molecule has 0 unspecified atom stereocenters. The third kappa shape index (κ3) is 4.72. The van der Waals surface area contributed by atoms with Crippen molar-refractivity contribution in [3.8, 4) is 17.2 Å². The number of esters is 1. The number of carbonyl (C=O) groups is 1. The molecular formula is C26H26N2O6S. The third-order valence-electron chi connectivity index (χ3n) is 5.51. The van der Waals surface area contributed by atoms with Gasteiger partial charge >= 0.3 is 5.97 Å². The van der Waals surface area contributed by atoms with Crippen molar-refractivity contribution < 1.29 is 24.1 Å². The van der Waals surface area contributed by atoms with Crippen LogP contribution in [-0.4, -0.2) is 36.0 Å². The van der Waals surface area contributed by atoms with Crippen molar-refractivity contribution in [3.63, 3.8) is 0 Å². The highest BCUT2D eigenvalue weighted by Gasteiger charge is 2.33. The lowest BCUT2D eigenvalue weighted by molar-refractivity contribution is -0.139. The van der Waals surface area contributed by atoms with Gasteiger partial charge in [-0.25, -0.2) is 9.79 Å². The van der Waals surface area contributed by atoms with Crippen molar-refractivity contribution in [2.75, 3.05) is 20.3 Å². The second-order valence-corrected chi connectivity index (χ2v) is 8.75. The zero-order chi connectivity index (χ0) is 25.1. The van der Waals surface area contributed by atoms with Gasteiger partial charge in [0.2, 0.25) is 0 Å². The summed E-state index contributed by atoms with van der Waals surface area (Å²) >= 11 is 1.24. The van der Waals surface area contributed by atoms with E-state index in [1.165, 1.54) is 15.9 Å².